The first-order valence-corrected chi connectivity index (χ1v) is 7.36. The first-order valence-electron chi connectivity index (χ1n) is 6.57. The highest BCUT2D eigenvalue weighted by Gasteiger charge is 2.16. The highest BCUT2D eigenvalue weighted by molar-refractivity contribution is 7.71. The Morgan fingerprint density at radius 3 is 2.81 bits per heavy atom. The van der Waals surface area contributed by atoms with E-state index >= 15 is 0 Å². The molecule has 3 aromatic rings. The van der Waals surface area contributed by atoms with Gasteiger partial charge in [-0.25, -0.2) is 4.68 Å². The quantitative estimate of drug-likeness (QED) is 0.749. The molecule has 0 fully saturated rings. The highest BCUT2D eigenvalue weighted by Crippen LogP contribution is 2.29. The zero-order valence-corrected chi connectivity index (χ0v) is 13.5. The summed E-state index contributed by atoms with van der Waals surface area (Å²) in [5.41, 5.74) is 3.77. The lowest BCUT2D eigenvalue weighted by molar-refractivity contribution is 0.415. The number of imidazole rings is 1. The maximum absolute atomic E-state index is 6.22. The molecule has 0 saturated heterocycles. The monoisotopic (exact) mass is 322 g/mol. The van der Waals surface area contributed by atoms with Crippen molar-refractivity contribution in [2.24, 2.45) is 7.05 Å². The average molecular weight is 323 g/mol. The van der Waals surface area contributed by atoms with Crippen molar-refractivity contribution in [2.45, 2.75) is 13.3 Å². The van der Waals surface area contributed by atoms with Gasteiger partial charge in [0.05, 0.1) is 23.5 Å². The Kier molecular flexibility index (Phi) is 3.51. The molecule has 110 valence electrons. The standard InChI is InChI=1S/C14H15ClN4OS/c1-4-10-12-13(18(2)17-10)19(14(21)16-12)8-5-6-11(20-3)9(15)7-8/h5-7H,4H2,1-3H3,(H,16,21). The van der Waals surface area contributed by atoms with Crippen LogP contribution in [0.4, 0.5) is 0 Å². The molecule has 0 amide bonds. The molecule has 0 aliphatic heterocycles. The van der Waals surface area contributed by atoms with Gasteiger partial charge in [-0.1, -0.05) is 18.5 Å². The second kappa shape index (κ2) is 5.20. The van der Waals surface area contributed by atoms with Crippen LogP contribution in [0, 0.1) is 4.77 Å². The van der Waals surface area contributed by atoms with E-state index in [0.717, 1.165) is 29.0 Å². The molecule has 0 saturated carbocycles. The molecule has 0 radical (unpaired) electrons. The van der Waals surface area contributed by atoms with Crippen LogP contribution in [0.1, 0.15) is 12.6 Å². The topological polar surface area (TPSA) is 47.8 Å². The fourth-order valence-electron chi connectivity index (χ4n) is 2.49. The van der Waals surface area contributed by atoms with E-state index in [1.54, 1.807) is 7.11 Å². The van der Waals surface area contributed by atoms with Crippen molar-refractivity contribution >= 4 is 35.0 Å². The van der Waals surface area contributed by atoms with Gasteiger partial charge in [-0.05, 0) is 36.8 Å². The molecular formula is C14H15ClN4OS. The predicted molar refractivity (Wildman–Crippen MR) is 86.2 cm³/mol. The SMILES string of the molecule is CCc1nn(C)c2c1[nH]c(=S)n2-c1ccc(OC)c(Cl)c1. The van der Waals surface area contributed by atoms with Crippen LogP contribution < -0.4 is 4.74 Å². The van der Waals surface area contributed by atoms with Crippen LogP contribution >= 0.6 is 23.8 Å². The number of aromatic nitrogens is 4. The first-order chi connectivity index (χ1) is 10.1. The van der Waals surface area contributed by atoms with Crippen molar-refractivity contribution < 1.29 is 4.74 Å². The number of aromatic amines is 1. The van der Waals surface area contributed by atoms with Crippen LogP contribution in [0.25, 0.3) is 16.9 Å². The molecule has 0 atom stereocenters. The summed E-state index contributed by atoms with van der Waals surface area (Å²) in [5.74, 6) is 0.637. The molecule has 2 heterocycles. The van der Waals surface area contributed by atoms with Crippen molar-refractivity contribution in [1.29, 1.82) is 0 Å². The third-order valence-electron chi connectivity index (χ3n) is 3.46. The summed E-state index contributed by atoms with van der Waals surface area (Å²) in [6.07, 6.45) is 0.843. The zero-order valence-electron chi connectivity index (χ0n) is 12.0. The van der Waals surface area contributed by atoms with Crippen LogP contribution in [0.2, 0.25) is 5.02 Å². The number of aryl methyl sites for hydroxylation is 2. The molecule has 5 nitrogen and oxygen atoms in total. The lowest BCUT2D eigenvalue weighted by Crippen LogP contribution is -2.01. The number of H-pyrrole nitrogens is 1. The number of benzene rings is 1. The molecule has 1 aromatic carbocycles. The molecule has 0 spiro atoms. The molecule has 0 aliphatic rings. The fourth-order valence-corrected chi connectivity index (χ4v) is 3.04. The summed E-state index contributed by atoms with van der Waals surface area (Å²) in [5, 5.41) is 5.06. The van der Waals surface area contributed by atoms with Crippen LogP contribution in [-0.2, 0) is 13.5 Å². The molecule has 0 unspecified atom stereocenters. The lowest BCUT2D eigenvalue weighted by atomic mass is 10.3. The fraction of sp³-hybridized carbons (Fsp3) is 0.286. The molecule has 7 heteroatoms. The molecule has 0 bridgehead atoms. The van der Waals surface area contributed by atoms with Gasteiger partial charge in [0.15, 0.2) is 10.4 Å². The number of ether oxygens (including phenoxy) is 1. The summed E-state index contributed by atoms with van der Waals surface area (Å²) in [6, 6.07) is 5.59. The van der Waals surface area contributed by atoms with Crippen molar-refractivity contribution in [3.8, 4) is 11.4 Å². The van der Waals surface area contributed by atoms with Crippen molar-refractivity contribution in [3.63, 3.8) is 0 Å². The summed E-state index contributed by atoms with van der Waals surface area (Å²) >= 11 is 11.7. The Balaban J connectivity index is 2.30. The maximum atomic E-state index is 6.22. The summed E-state index contributed by atoms with van der Waals surface area (Å²) in [4.78, 5) is 3.23. The smallest absolute Gasteiger partial charge is 0.184 e. The minimum absolute atomic E-state index is 0.545. The van der Waals surface area contributed by atoms with Gasteiger partial charge >= 0.3 is 0 Å². The molecule has 3 rings (SSSR count). The van der Waals surface area contributed by atoms with Crippen LogP contribution in [-0.4, -0.2) is 26.4 Å². The molecule has 21 heavy (non-hydrogen) atoms. The Labute approximate surface area is 132 Å². The van der Waals surface area contributed by atoms with E-state index in [0.29, 0.717) is 15.5 Å². The minimum atomic E-state index is 0.545. The van der Waals surface area contributed by atoms with E-state index in [1.165, 1.54) is 0 Å². The average Bonchev–Trinajstić information content (AvgIpc) is 2.95. The van der Waals surface area contributed by atoms with E-state index in [1.807, 2.05) is 34.5 Å². The van der Waals surface area contributed by atoms with Crippen LogP contribution in [0.15, 0.2) is 18.2 Å². The third kappa shape index (κ3) is 2.15. The Morgan fingerprint density at radius 2 is 2.19 bits per heavy atom. The third-order valence-corrected chi connectivity index (χ3v) is 4.04. The number of hydrogen-bond acceptors (Lipinski definition) is 3. The lowest BCUT2D eigenvalue weighted by Gasteiger charge is -2.08. The molecule has 0 aliphatic carbocycles. The number of halogens is 1. The van der Waals surface area contributed by atoms with Gasteiger partial charge in [-0.2, -0.15) is 5.10 Å². The molecular weight excluding hydrogens is 308 g/mol. The summed E-state index contributed by atoms with van der Waals surface area (Å²) in [7, 11) is 3.50. The van der Waals surface area contributed by atoms with E-state index in [2.05, 4.69) is 17.0 Å². The number of nitrogens with zero attached hydrogens (tertiary/aromatic N) is 3. The van der Waals surface area contributed by atoms with Crippen LogP contribution in [0.3, 0.4) is 0 Å². The second-order valence-electron chi connectivity index (χ2n) is 4.71. The van der Waals surface area contributed by atoms with Crippen molar-refractivity contribution in [2.75, 3.05) is 7.11 Å². The number of nitrogens with one attached hydrogen (secondary N) is 1. The van der Waals surface area contributed by atoms with E-state index in [4.69, 9.17) is 28.6 Å². The predicted octanol–water partition coefficient (Wildman–Crippen LogP) is 3.65. The van der Waals surface area contributed by atoms with Crippen molar-refractivity contribution in [3.05, 3.63) is 33.7 Å². The summed E-state index contributed by atoms with van der Waals surface area (Å²) in [6.45, 7) is 2.07. The minimum Gasteiger partial charge on any atom is -0.495 e. The largest absolute Gasteiger partial charge is 0.495 e. The van der Waals surface area contributed by atoms with Crippen molar-refractivity contribution in [1.82, 2.24) is 19.3 Å². The normalized spacial score (nSPS) is 11.2. The van der Waals surface area contributed by atoms with E-state index in [-0.39, 0.29) is 0 Å². The van der Waals surface area contributed by atoms with Gasteiger partial charge in [0, 0.05) is 7.05 Å². The number of hydrogen-bond donors (Lipinski definition) is 1. The maximum Gasteiger partial charge on any atom is 0.184 e. The Morgan fingerprint density at radius 1 is 1.43 bits per heavy atom. The Bertz CT molecular complexity index is 877. The number of fused-ring (bicyclic) bond motifs is 1. The van der Waals surface area contributed by atoms with Gasteiger partial charge in [-0.15, -0.1) is 0 Å². The number of methoxy groups -OCH3 is 1. The van der Waals surface area contributed by atoms with Gasteiger partial charge < -0.3 is 9.72 Å². The van der Waals surface area contributed by atoms with Gasteiger partial charge in [0.25, 0.3) is 0 Å². The van der Waals surface area contributed by atoms with E-state index < -0.39 is 0 Å². The Hall–Kier alpha value is -1.79. The second-order valence-corrected chi connectivity index (χ2v) is 5.50. The van der Waals surface area contributed by atoms with Gasteiger partial charge in [-0.3, -0.25) is 4.57 Å². The first kappa shape index (κ1) is 14.2. The summed E-state index contributed by atoms with van der Waals surface area (Å²) < 4.78 is 9.57. The van der Waals surface area contributed by atoms with Crippen LogP contribution in [0.5, 0.6) is 5.75 Å². The van der Waals surface area contributed by atoms with E-state index in [9.17, 15) is 0 Å². The molecule has 2 aromatic heterocycles. The molecule has 1 N–H and O–H groups in total. The number of rotatable bonds is 3. The highest BCUT2D eigenvalue weighted by atomic mass is 35.5. The van der Waals surface area contributed by atoms with Gasteiger partial charge in [0.1, 0.15) is 11.3 Å². The van der Waals surface area contributed by atoms with Gasteiger partial charge in [0.2, 0.25) is 0 Å². The zero-order chi connectivity index (χ0) is 15.1.